The lowest BCUT2D eigenvalue weighted by molar-refractivity contribution is -0.137. The summed E-state index contributed by atoms with van der Waals surface area (Å²) in [5, 5.41) is 11.4. The van der Waals surface area contributed by atoms with Crippen LogP contribution in [0, 0.1) is 0 Å². The highest BCUT2D eigenvalue weighted by molar-refractivity contribution is 8.26. The van der Waals surface area contributed by atoms with Crippen molar-refractivity contribution in [2.24, 2.45) is 0 Å². The smallest absolute Gasteiger partial charge is 0.303 e. The van der Waals surface area contributed by atoms with Gasteiger partial charge in [-0.3, -0.25) is 19.3 Å². The average molecular weight is 463 g/mol. The highest BCUT2D eigenvalue weighted by Crippen LogP contribution is 2.34. The Morgan fingerprint density at radius 1 is 1.19 bits per heavy atom. The van der Waals surface area contributed by atoms with E-state index in [4.69, 9.17) is 17.3 Å². The van der Waals surface area contributed by atoms with Crippen molar-refractivity contribution in [1.29, 1.82) is 0 Å². The predicted molar refractivity (Wildman–Crippen MR) is 129 cm³/mol. The van der Waals surface area contributed by atoms with Crippen LogP contribution in [0.25, 0.3) is 6.08 Å². The number of aliphatic carboxylic acids is 1. The van der Waals surface area contributed by atoms with Gasteiger partial charge in [-0.05, 0) is 42.4 Å². The van der Waals surface area contributed by atoms with E-state index in [1.807, 2.05) is 12.1 Å². The number of nitrogens with zero attached hydrogens (tertiary/aromatic N) is 1. The van der Waals surface area contributed by atoms with Crippen LogP contribution in [0.5, 0.6) is 0 Å². The van der Waals surface area contributed by atoms with Gasteiger partial charge in [0.25, 0.3) is 5.91 Å². The zero-order valence-electron chi connectivity index (χ0n) is 18.4. The molecule has 1 saturated heterocycles. The molecule has 2 amide bonds. The molecule has 0 saturated carbocycles. The first-order chi connectivity index (χ1) is 14.5. The number of carbonyl (C=O) groups excluding carboxylic acids is 2. The molecule has 1 aliphatic rings. The first-order valence-electron chi connectivity index (χ1n) is 10.4. The quantitative estimate of drug-likeness (QED) is 0.323. The van der Waals surface area contributed by atoms with Gasteiger partial charge in [-0.15, -0.1) is 0 Å². The fourth-order valence-electron chi connectivity index (χ4n) is 3.10. The maximum absolute atomic E-state index is 12.9. The van der Waals surface area contributed by atoms with Crippen LogP contribution in [0.15, 0.2) is 29.2 Å². The Hall–Kier alpha value is -2.19. The van der Waals surface area contributed by atoms with Crippen molar-refractivity contribution in [3.8, 4) is 0 Å². The van der Waals surface area contributed by atoms with Gasteiger partial charge in [0.15, 0.2) is 0 Å². The van der Waals surface area contributed by atoms with E-state index < -0.39 is 12.0 Å². The third-order valence-electron chi connectivity index (χ3n) is 5.03. The fourth-order valence-corrected chi connectivity index (χ4v) is 4.52. The fraction of sp³-hybridized carbons (Fsp3) is 0.478. The molecule has 1 aromatic rings. The number of carbonyl (C=O) groups is 3. The Kier molecular flexibility index (Phi) is 8.82. The molecule has 0 aromatic heterocycles. The molecule has 1 unspecified atom stereocenters. The van der Waals surface area contributed by atoms with Crippen LogP contribution in [0.3, 0.4) is 0 Å². The second-order valence-corrected chi connectivity index (χ2v) is 10.3. The summed E-state index contributed by atoms with van der Waals surface area (Å²) >= 11 is 6.56. The van der Waals surface area contributed by atoms with Crippen molar-refractivity contribution in [2.75, 3.05) is 6.54 Å². The second kappa shape index (κ2) is 10.9. The molecule has 1 aliphatic heterocycles. The summed E-state index contributed by atoms with van der Waals surface area (Å²) in [6.45, 7) is 8.54. The lowest BCUT2D eigenvalue weighted by Gasteiger charge is -2.22. The van der Waals surface area contributed by atoms with Crippen molar-refractivity contribution in [3.05, 3.63) is 40.3 Å². The van der Waals surface area contributed by atoms with Crippen molar-refractivity contribution in [2.45, 2.75) is 64.8 Å². The standard InChI is InChI=1S/C23H30N2O4S2/c1-15(20(28)24-13-7-5-6-8-19(26)27)25-21(29)18(31-22(25)30)14-16-9-11-17(12-10-16)23(2,3)4/h9-12,14-15H,5-8,13H2,1-4H3,(H,24,28)(H,26,27)/b18-14-. The molecule has 1 aromatic carbocycles. The first-order valence-corrected chi connectivity index (χ1v) is 11.6. The van der Waals surface area contributed by atoms with Crippen LogP contribution in [-0.4, -0.2) is 44.7 Å². The monoisotopic (exact) mass is 462 g/mol. The van der Waals surface area contributed by atoms with Crippen LogP contribution in [-0.2, 0) is 19.8 Å². The summed E-state index contributed by atoms with van der Waals surface area (Å²) in [7, 11) is 0. The summed E-state index contributed by atoms with van der Waals surface area (Å²) in [5.41, 5.74) is 2.18. The zero-order valence-corrected chi connectivity index (χ0v) is 20.1. The van der Waals surface area contributed by atoms with Gasteiger partial charge in [0.2, 0.25) is 5.91 Å². The van der Waals surface area contributed by atoms with Crippen LogP contribution in [0.2, 0.25) is 0 Å². The van der Waals surface area contributed by atoms with Crippen LogP contribution >= 0.6 is 24.0 Å². The molecule has 1 fully saturated rings. The van der Waals surface area contributed by atoms with Gasteiger partial charge in [0.05, 0.1) is 4.91 Å². The number of thioether (sulfide) groups is 1. The van der Waals surface area contributed by atoms with E-state index in [0.717, 1.165) is 12.0 Å². The van der Waals surface area contributed by atoms with E-state index in [9.17, 15) is 14.4 Å². The normalized spacial score (nSPS) is 16.6. The molecule has 0 spiro atoms. The molecule has 0 aliphatic carbocycles. The van der Waals surface area contributed by atoms with E-state index in [1.54, 1.807) is 13.0 Å². The number of amides is 2. The van der Waals surface area contributed by atoms with E-state index >= 15 is 0 Å². The highest BCUT2D eigenvalue weighted by atomic mass is 32.2. The van der Waals surface area contributed by atoms with E-state index in [1.165, 1.54) is 22.2 Å². The third-order valence-corrected chi connectivity index (χ3v) is 6.36. The van der Waals surface area contributed by atoms with Gasteiger partial charge in [0, 0.05) is 13.0 Å². The number of carboxylic acids is 1. The summed E-state index contributed by atoms with van der Waals surface area (Å²) < 4.78 is 0.367. The van der Waals surface area contributed by atoms with Gasteiger partial charge >= 0.3 is 5.97 Å². The zero-order chi connectivity index (χ0) is 23.2. The van der Waals surface area contributed by atoms with Crippen molar-refractivity contribution < 1.29 is 19.5 Å². The van der Waals surface area contributed by atoms with Gasteiger partial charge in [0.1, 0.15) is 10.4 Å². The Morgan fingerprint density at radius 2 is 1.84 bits per heavy atom. The molecule has 8 heteroatoms. The Bertz CT molecular complexity index is 873. The number of hydrogen-bond acceptors (Lipinski definition) is 5. The van der Waals surface area contributed by atoms with E-state index in [0.29, 0.717) is 28.6 Å². The number of unbranched alkanes of at least 4 members (excludes halogenated alkanes) is 2. The second-order valence-electron chi connectivity index (χ2n) is 8.60. The Balaban J connectivity index is 1.95. The number of rotatable bonds is 9. The van der Waals surface area contributed by atoms with E-state index in [2.05, 4.69) is 38.2 Å². The largest absolute Gasteiger partial charge is 0.481 e. The number of hydrogen-bond donors (Lipinski definition) is 2. The van der Waals surface area contributed by atoms with Gasteiger partial charge < -0.3 is 10.4 Å². The van der Waals surface area contributed by atoms with Gasteiger partial charge in [-0.2, -0.15) is 0 Å². The van der Waals surface area contributed by atoms with Crippen molar-refractivity contribution >= 4 is 52.2 Å². The van der Waals surface area contributed by atoms with Crippen LogP contribution in [0.1, 0.15) is 64.5 Å². The summed E-state index contributed by atoms with van der Waals surface area (Å²) in [6.07, 6.45) is 3.93. The number of carboxylic acid groups (broad SMARTS) is 1. The number of nitrogens with one attached hydrogen (secondary N) is 1. The third kappa shape index (κ3) is 7.18. The number of benzene rings is 1. The molecule has 0 radical (unpaired) electrons. The predicted octanol–water partition coefficient (Wildman–Crippen LogP) is 4.34. The molecule has 1 atom stereocenters. The molecule has 168 valence electrons. The SMILES string of the molecule is CC(C(=O)NCCCCCC(=O)O)N1C(=O)/C(=C/c2ccc(C(C)(C)C)cc2)SC1=S. The molecule has 1 heterocycles. The lowest BCUT2D eigenvalue weighted by atomic mass is 9.87. The molecular formula is C23H30N2O4S2. The maximum atomic E-state index is 12.9. The van der Waals surface area contributed by atoms with Crippen LogP contribution < -0.4 is 5.32 Å². The van der Waals surface area contributed by atoms with Gasteiger partial charge in [-0.1, -0.05) is 75.4 Å². The summed E-state index contributed by atoms with van der Waals surface area (Å²) in [5.74, 6) is -1.35. The minimum absolute atomic E-state index is 0.0566. The molecule has 2 N–H and O–H groups in total. The minimum atomic E-state index is -0.815. The maximum Gasteiger partial charge on any atom is 0.303 e. The Morgan fingerprint density at radius 3 is 2.42 bits per heavy atom. The van der Waals surface area contributed by atoms with Crippen molar-refractivity contribution in [3.63, 3.8) is 0 Å². The highest BCUT2D eigenvalue weighted by Gasteiger charge is 2.38. The van der Waals surface area contributed by atoms with E-state index in [-0.39, 0.29) is 23.7 Å². The van der Waals surface area contributed by atoms with Crippen molar-refractivity contribution in [1.82, 2.24) is 10.2 Å². The molecular weight excluding hydrogens is 432 g/mol. The average Bonchev–Trinajstić information content (AvgIpc) is 2.96. The van der Waals surface area contributed by atoms with Gasteiger partial charge in [-0.25, -0.2) is 0 Å². The number of thiocarbonyl (C=S) groups is 1. The minimum Gasteiger partial charge on any atom is -0.481 e. The molecule has 2 rings (SSSR count). The molecule has 31 heavy (non-hydrogen) atoms. The Labute approximate surface area is 193 Å². The first kappa shape index (κ1) is 25.1. The van der Waals surface area contributed by atoms with Crippen LogP contribution in [0.4, 0.5) is 0 Å². The summed E-state index contributed by atoms with van der Waals surface area (Å²) in [6, 6.07) is 7.36. The molecule has 0 bridgehead atoms. The lowest BCUT2D eigenvalue weighted by Crippen LogP contribution is -2.47. The molecule has 6 nitrogen and oxygen atoms in total. The topological polar surface area (TPSA) is 86.7 Å². The summed E-state index contributed by atoms with van der Waals surface area (Å²) in [4.78, 5) is 37.7.